The molecule has 1 saturated heterocycles. The highest BCUT2D eigenvalue weighted by Gasteiger charge is 2.11. The Morgan fingerprint density at radius 3 is 2.55 bits per heavy atom. The van der Waals surface area contributed by atoms with Gasteiger partial charge in [-0.25, -0.2) is 0 Å². The van der Waals surface area contributed by atoms with E-state index in [2.05, 4.69) is 9.80 Å². The fourth-order valence-electron chi connectivity index (χ4n) is 2.53. The molecule has 0 aliphatic carbocycles. The number of hydrogen-bond donors (Lipinski definition) is 0. The summed E-state index contributed by atoms with van der Waals surface area (Å²) >= 11 is 0. The predicted molar refractivity (Wildman–Crippen MR) is 83.1 cm³/mol. The van der Waals surface area contributed by atoms with Gasteiger partial charge in [-0.3, -0.25) is 0 Å². The number of hydrogen-bond acceptors (Lipinski definition) is 4. The average Bonchev–Trinajstić information content (AvgIpc) is 2.96. The Hall–Kier alpha value is -1.42. The molecule has 2 rings (SSSR count). The number of methoxy groups -OCH3 is 1. The van der Waals surface area contributed by atoms with Gasteiger partial charge >= 0.3 is 0 Å². The van der Waals surface area contributed by atoms with Crippen molar-refractivity contribution >= 4 is 5.69 Å². The highest BCUT2D eigenvalue weighted by atomic mass is 16.5. The van der Waals surface area contributed by atoms with Gasteiger partial charge in [-0.2, -0.15) is 0 Å². The zero-order chi connectivity index (χ0) is 14.4. The summed E-state index contributed by atoms with van der Waals surface area (Å²) in [5.74, 6) is 1.64. The highest BCUT2D eigenvalue weighted by molar-refractivity contribution is 5.55. The van der Waals surface area contributed by atoms with Gasteiger partial charge in [0.25, 0.3) is 0 Å². The molecule has 20 heavy (non-hydrogen) atoms. The monoisotopic (exact) mass is 278 g/mol. The number of anilines is 1. The second-order valence-electron chi connectivity index (χ2n) is 5.48. The Labute approximate surface area is 122 Å². The molecule has 0 unspecified atom stereocenters. The van der Waals surface area contributed by atoms with Crippen molar-refractivity contribution in [2.24, 2.45) is 0 Å². The molecule has 4 heteroatoms. The second kappa shape index (κ2) is 7.39. The van der Waals surface area contributed by atoms with Crippen LogP contribution in [0.1, 0.15) is 19.3 Å². The highest BCUT2D eigenvalue weighted by Crippen LogP contribution is 2.31. The van der Waals surface area contributed by atoms with Crippen LogP contribution in [0.25, 0.3) is 0 Å². The molecular weight excluding hydrogens is 252 g/mol. The summed E-state index contributed by atoms with van der Waals surface area (Å²) in [4.78, 5) is 4.58. The van der Waals surface area contributed by atoms with Crippen LogP contribution < -0.4 is 14.4 Å². The molecule has 0 spiro atoms. The van der Waals surface area contributed by atoms with E-state index in [0.717, 1.165) is 36.8 Å². The van der Waals surface area contributed by atoms with Gasteiger partial charge in [-0.15, -0.1) is 0 Å². The van der Waals surface area contributed by atoms with E-state index in [9.17, 15) is 0 Å². The van der Waals surface area contributed by atoms with Crippen molar-refractivity contribution < 1.29 is 9.47 Å². The van der Waals surface area contributed by atoms with Gasteiger partial charge in [0.15, 0.2) is 11.5 Å². The second-order valence-corrected chi connectivity index (χ2v) is 5.48. The lowest BCUT2D eigenvalue weighted by atomic mass is 10.2. The smallest absolute Gasteiger partial charge is 0.163 e. The van der Waals surface area contributed by atoms with Crippen molar-refractivity contribution in [2.75, 3.05) is 52.3 Å². The number of benzene rings is 1. The van der Waals surface area contributed by atoms with Crippen molar-refractivity contribution in [1.82, 2.24) is 4.90 Å². The third-order valence-corrected chi connectivity index (χ3v) is 3.74. The molecule has 1 aromatic carbocycles. The summed E-state index contributed by atoms with van der Waals surface area (Å²) in [7, 11) is 5.74. The van der Waals surface area contributed by atoms with Crippen molar-refractivity contribution in [3.63, 3.8) is 0 Å². The van der Waals surface area contributed by atoms with Crippen LogP contribution in [0.3, 0.4) is 0 Å². The van der Waals surface area contributed by atoms with Gasteiger partial charge in [0.2, 0.25) is 0 Å². The van der Waals surface area contributed by atoms with Gasteiger partial charge in [0, 0.05) is 32.4 Å². The Morgan fingerprint density at radius 2 is 1.90 bits per heavy atom. The largest absolute Gasteiger partial charge is 0.493 e. The first-order chi connectivity index (χ1) is 9.70. The molecule has 1 aliphatic rings. The number of ether oxygens (including phenoxy) is 2. The summed E-state index contributed by atoms with van der Waals surface area (Å²) in [6, 6.07) is 6.04. The van der Waals surface area contributed by atoms with Gasteiger partial charge < -0.3 is 19.3 Å². The van der Waals surface area contributed by atoms with Crippen molar-refractivity contribution in [1.29, 1.82) is 0 Å². The van der Waals surface area contributed by atoms with E-state index in [1.807, 2.05) is 32.3 Å². The summed E-state index contributed by atoms with van der Waals surface area (Å²) in [5.41, 5.74) is 1.13. The quantitative estimate of drug-likeness (QED) is 0.716. The summed E-state index contributed by atoms with van der Waals surface area (Å²) < 4.78 is 11.3. The molecular formula is C16H26N2O2. The third-order valence-electron chi connectivity index (χ3n) is 3.74. The summed E-state index contributed by atoms with van der Waals surface area (Å²) in [6.45, 7) is 4.37. The topological polar surface area (TPSA) is 24.9 Å². The van der Waals surface area contributed by atoms with E-state index < -0.39 is 0 Å². The maximum Gasteiger partial charge on any atom is 0.163 e. The first-order valence-electron chi connectivity index (χ1n) is 7.41. The molecule has 1 fully saturated rings. The molecule has 112 valence electrons. The molecule has 1 aromatic rings. The van der Waals surface area contributed by atoms with Crippen LogP contribution in [-0.2, 0) is 0 Å². The van der Waals surface area contributed by atoms with Crippen LogP contribution >= 0.6 is 0 Å². The molecule has 4 nitrogen and oxygen atoms in total. The molecule has 0 N–H and O–H groups in total. The molecule has 1 aliphatic heterocycles. The predicted octanol–water partition coefficient (Wildman–Crippen LogP) is 2.63. The van der Waals surface area contributed by atoms with Crippen LogP contribution in [0.4, 0.5) is 5.69 Å². The first-order valence-corrected chi connectivity index (χ1v) is 7.41. The zero-order valence-corrected chi connectivity index (χ0v) is 12.9. The number of likely N-dealkylation sites (tertiary alicyclic amines) is 1. The standard InChI is InChI=1S/C16H26N2O2/c1-17(2)14-7-8-15(19-3)16(13-14)20-12-6-11-18-9-4-5-10-18/h7-8,13H,4-6,9-12H2,1-3H3. The van der Waals surface area contributed by atoms with Gasteiger partial charge in [-0.1, -0.05) is 0 Å². The maximum atomic E-state index is 5.90. The third kappa shape index (κ3) is 4.04. The maximum absolute atomic E-state index is 5.90. The van der Waals surface area contributed by atoms with E-state index in [1.165, 1.54) is 25.9 Å². The van der Waals surface area contributed by atoms with Crippen LogP contribution in [0.15, 0.2) is 18.2 Å². The lowest BCUT2D eigenvalue weighted by Crippen LogP contribution is -2.22. The van der Waals surface area contributed by atoms with Crippen molar-refractivity contribution in [3.05, 3.63) is 18.2 Å². The lowest BCUT2D eigenvalue weighted by molar-refractivity contribution is 0.254. The van der Waals surface area contributed by atoms with Crippen LogP contribution in [0, 0.1) is 0 Å². The first kappa shape index (κ1) is 15.0. The van der Waals surface area contributed by atoms with E-state index in [-0.39, 0.29) is 0 Å². The molecule has 0 aromatic heterocycles. The average molecular weight is 278 g/mol. The SMILES string of the molecule is COc1ccc(N(C)C)cc1OCCCN1CCCC1. The lowest BCUT2D eigenvalue weighted by Gasteiger charge is -2.18. The Morgan fingerprint density at radius 1 is 1.15 bits per heavy atom. The number of rotatable bonds is 7. The Bertz CT molecular complexity index is 415. The Kier molecular flexibility index (Phi) is 5.53. The van der Waals surface area contributed by atoms with E-state index >= 15 is 0 Å². The van der Waals surface area contributed by atoms with Gasteiger partial charge in [-0.05, 0) is 44.5 Å². The van der Waals surface area contributed by atoms with Crippen LogP contribution in [-0.4, -0.2) is 52.3 Å². The van der Waals surface area contributed by atoms with Crippen molar-refractivity contribution in [2.45, 2.75) is 19.3 Å². The van der Waals surface area contributed by atoms with Gasteiger partial charge in [0.1, 0.15) is 0 Å². The molecule has 0 bridgehead atoms. The summed E-state index contributed by atoms with van der Waals surface area (Å²) in [6.07, 6.45) is 3.76. The van der Waals surface area contributed by atoms with E-state index in [1.54, 1.807) is 7.11 Å². The minimum absolute atomic E-state index is 0.740. The molecule has 0 radical (unpaired) electrons. The van der Waals surface area contributed by atoms with Crippen LogP contribution in [0.2, 0.25) is 0 Å². The minimum atomic E-state index is 0.740. The van der Waals surface area contributed by atoms with E-state index in [4.69, 9.17) is 9.47 Å². The molecule has 0 amide bonds. The fraction of sp³-hybridized carbons (Fsp3) is 0.625. The molecule has 0 atom stereocenters. The minimum Gasteiger partial charge on any atom is -0.493 e. The molecule has 1 heterocycles. The normalized spacial score (nSPS) is 15.3. The Balaban J connectivity index is 1.85. The zero-order valence-electron chi connectivity index (χ0n) is 12.9. The summed E-state index contributed by atoms with van der Waals surface area (Å²) in [5, 5.41) is 0. The van der Waals surface area contributed by atoms with Crippen molar-refractivity contribution in [3.8, 4) is 11.5 Å². The van der Waals surface area contributed by atoms with Crippen LogP contribution in [0.5, 0.6) is 11.5 Å². The fourth-order valence-corrected chi connectivity index (χ4v) is 2.53. The van der Waals surface area contributed by atoms with E-state index in [0.29, 0.717) is 0 Å². The number of nitrogens with zero attached hydrogens (tertiary/aromatic N) is 2. The van der Waals surface area contributed by atoms with Gasteiger partial charge in [0.05, 0.1) is 13.7 Å². The molecule has 0 saturated carbocycles.